The summed E-state index contributed by atoms with van der Waals surface area (Å²) in [6.07, 6.45) is 3.61. The van der Waals surface area contributed by atoms with E-state index in [1.54, 1.807) is 17.1 Å². The van der Waals surface area contributed by atoms with Crippen molar-refractivity contribution in [1.82, 2.24) is 14.8 Å². The van der Waals surface area contributed by atoms with E-state index in [4.69, 9.17) is 5.73 Å². The molecule has 6 nitrogen and oxygen atoms in total. The number of nitrogens with two attached hydrogens (primary N) is 1. The average Bonchev–Trinajstić information content (AvgIpc) is 2.92. The summed E-state index contributed by atoms with van der Waals surface area (Å²) >= 11 is 0. The van der Waals surface area contributed by atoms with Gasteiger partial charge in [-0.3, -0.25) is 4.79 Å². The summed E-state index contributed by atoms with van der Waals surface area (Å²) < 4.78 is 1.59. The van der Waals surface area contributed by atoms with Gasteiger partial charge in [0.1, 0.15) is 12.7 Å². The van der Waals surface area contributed by atoms with Gasteiger partial charge in [-0.1, -0.05) is 19.1 Å². The molecule has 1 amide bonds. The highest BCUT2D eigenvalue weighted by Crippen LogP contribution is 2.18. The maximum Gasteiger partial charge on any atom is 0.241 e. The normalized spacial score (nSPS) is 12.1. The molecule has 1 aromatic heterocycles. The first-order valence-corrected chi connectivity index (χ1v) is 5.73. The standard InChI is InChI=1S/C12H15N5O/c1-2-9(13)12(18)16-10-5-3-4-6-11(10)17-8-14-7-15-17/h3-9H,2,13H2,1H3,(H,16,18)/t9-/m1/s1. The van der Waals surface area contributed by atoms with Crippen LogP contribution in [-0.2, 0) is 4.79 Å². The summed E-state index contributed by atoms with van der Waals surface area (Å²) in [5, 5.41) is 6.84. The molecule has 0 spiro atoms. The predicted molar refractivity (Wildman–Crippen MR) is 68.3 cm³/mol. The molecule has 6 heteroatoms. The molecule has 0 aliphatic rings. The molecule has 3 N–H and O–H groups in total. The van der Waals surface area contributed by atoms with Crippen LogP contribution in [0.15, 0.2) is 36.9 Å². The molecule has 94 valence electrons. The zero-order valence-electron chi connectivity index (χ0n) is 10.1. The van der Waals surface area contributed by atoms with Crippen LogP contribution in [0, 0.1) is 0 Å². The molecule has 0 saturated heterocycles. The Kier molecular flexibility index (Phi) is 3.69. The van der Waals surface area contributed by atoms with Gasteiger partial charge in [-0.15, -0.1) is 0 Å². The van der Waals surface area contributed by atoms with Crippen molar-refractivity contribution < 1.29 is 4.79 Å². The van der Waals surface area contributed by atoms with Crippen LogP contribution < -0.4 is 11.1 Å². The Morgan fingerprint density at radius 3 is 2.94 bits per heavy atom. The number of hydrogen-bond donors (Lipinski definition) is 2. The monoisotopic (exact) mass is 245 g/mol. The lowest BCUT2D eigenvalue weighted by Crippen LogP contribution is -2.35. The average molecular weight is 245 g/mol. The number of anilines is 1. The van der Waals surface area contributed by atoms with Crippen LogP contribution in [0.5, 0.6) is 0 Å². The van der Waals surface area contributed by atoms with Crippen LogP contribution in [-0.4, -0.2) is 26.7 Å². The van der Waals surface area contributed by atoms with Crippen LogP contribution in [0.4, 0.5) is 5.69 Å². The number of carbonyl (C=O) groups excluding carboxylic acids is 1. The second-order valence-corrected chi connectivity index (χ2v) is 3.86. The van der Waals surface area contributed by atoms with Crippen molar-refractivity contribution in [2.24, 2.45) is 5.73 Å². The molecule has 0 aliphatic heterocycles. The minimum Gasteiger partial charge on any atom is -0.323 e. The Morgan fingerprint density at radius 1 is 1.50 bits per heavy atom. The molecular weight excluding hydrogens is 230 g/mol. The highest BCUT2D eigenvalue weighted by atomic mass is 16.2. The van der Waals surface area contributed by atoms with Crippen molar-refractivity contribution in [3.63, 3.8) is 0 Å². The largest absolute Gasteiger partial charge is 0.323 e. The van der Waals surface area contributed by atoms with Crippen molar-refractivity contribution in [2.45, 2.75) is 19.4 Å². The molecule has 0 fully saturated rings. The fourth-order valence-corrected chi connectivity index (χ4v) is 1.52. The maximum atomic E-state index is 11.8. The Balaban J connectivity index is 2.26. The predicted octanol–water partition coefficient (Wildman–Crippen LogP) is 0.943. The molecule has 1 heterocycles. The third kappa shape index (κ3) is 2.54. The van der Waals surface area contributed by atoms with Gasteiger partial charge in [0.05, 0.1) is 17.4 Å². The van der Waals surface area contributed by atoms with Crippen LogP contribution in [0.3, 0.4) is 0 Å². The quantitative estimate of drug-likeness (QED) is 0.839. The first-order chi connectivity index (χ1) is 8.72. The van der Waals surface area contributed by atoms with Crippen LogP contribution in [0.2, 0.25) is 0 Å². The zero-order valence-corrected chi connectivity index (χ0v) is 10.1. The van der Waals surface area contributed by atoms with Crippen molar-refractivity contribution >= 4 is 11.6 Å². The molecule has 0 unspecified atom stereocenters. The maximum absolute atomic E-state index is 11.8. The van der Waals surface area contributed by atoms with Gasteiger partial charge >= 0.3 is 0 Å². The highest BCUT2D eigenvalue weighted by molar-refractivity contribution is 5.96. The van der Waals surface area contributed by atoms with Crippen LogP contribution in [0.25, 0.3) is 5.69 Å². The number of amides is 1. The molecule has 0 saturated carbocycles. The van der Waals surface area contributed by atoms with Crippen molar-refractivity contribution in [3.8, 4) is 5.69 Å². The van der Waals surface area contributed by atoms with E-state index in [0.717, 1.165) is 5.69 Å². The Labute approximate surface area is 105 Å². The number of carbonyl (C=O) groups is 1. The summed E-state index contributed by atoms with van der Waals surface area (Å²) in [4.78, 5) is 15.7. The van der Waals surface area contributed by atoms with Crippen LogP contribution >= 0.6 is 0 Å². The molecular formula is C12H15N5O. The number of rotatable bonds is 4. The van der Waals surface area contributed by atoms with E-state index < -0.39 is 6.04 Å². The molecule has 1 aromatic carbocycles. The van der Waals surface area contributed by atoms with E-state index in [9.17, 15) is 4.79 Å². The lowest BCUT2D eigenvalue weighted by atomic mass is 10.2. The summed E-state index contributed by atoms with van der Waals surface area (Å²) in [5.74, 6) is -0.204. The smallest absolute Gasteiger partial charge is 0.241 e. The van der Waals surface area contributed by atoms with Gasteiger partial charge in [0.2, 0.25) is 5.91 Å². The van der Waals surface area contributed by atoms with E-state index in [2.05, 4.69) is 15.4 Å². The van der Waals surface area contributed by atoms with Gasteiger partial charge < -0.3 is 11.1 Å². The summed E-state index contributed by atoms with van der Waals surface area (Å²) in [7, 11) is 0. The molecule has 2 rings (SSSR count). The van der Waals surface area contributed by atoms with Crippen molar-refractivity contribution in [3.05, 3.63) is 36.9 Å². The number of nitrogens with one attached hydrogen (secondary N) is 1. The summed E-state index contributed by atoms with van der Waals surface area (Å²) in [5.41, 5.74) is 7.11. The molecule has 18 heavy (non-hydrogen) atoms. The van der Waals surface area contributed by atoms with Crippen LogP contribution in [0.1, 0.15) is 13.3 Å². The molecule has 0 radical (unpaired) electrons. The summed E-state index contributed by atoms with van der Waals surface area (Å²) in [6, 6.07) is 6.85. The Bertz CT molecular complexity index is 523. The van der Waals surface area contributed by atoms with Gasteiger partial charge in [-0.2, -0.15) is 5.10 Å². The van der Waals surface area contributed by atoms with Gasteiger partial charge in [0.25, 0.3) is 0 Å². The minimum absolute atomic E-state index is 0.204. The third-order valence-electron chi connectivity index (χ3n) is 2.60. The first kappa shape index (κ1) is 12.3. The number of hydrogen-bond acceptors (Lipinski definition) is 4. The SMILES string of the molecule is CC[C@@H](N)C(=O)Nc1ccccc1-n1cncn1. The second kappa shape index (κ2) is 5.42. The van der Waals surface area contributed by atoms with Gasteiger partial charge in [0, 0.05) is 0 Å². The first-order valence-electron chi connectivity index (χ1n) is 5.73. The van der Waals surface area contributed by atoms with E-state index >= 15 is 0 Å². The fourth-order valence-electron chi connectivity index (χ4n) is 1.52. The lowest BCUT2D eigenvalue weighted by molar-refractivity contribution is -0.117. The number of benzene rings is 1. The summed E-state index contributed by atoms with van der Waals surface area (Å²) in [6.45, 7) is 1.87. The van der Waals surface area contributed by atoms with Crippen molar-refractivity contribution in [1.29, 1.82) is 0 Å². The van der Waals surface area contributed by atoms with Gasteiger partial charge in [-0.25, -0.2) is 9.67 Å². The highest BCUT2D eigenvalue weighted by Gasteiger charge is 2.13. The number of aromatic nitrogens is 3. The Morgan fingerprint density at radius 2 is 2.28 bits per heavy atom. The number of para-hydroxylation sites is 2. The molecule has 0 bridgehead atoms. The molecule has 2 aromatic rings. The van der Waals surface area contributed by atoms with Crippen molar-refractivity contribution in [2.75, 3.05) is 5.32 Å². The number of nitrogens with zero attached hydrogens (tertiary/aromatic N) is 3. The minimum atomic E-state index is -0.506. The molecule has 0 aliphatic carbocycles. The van der Waals surface area contributed by atoms with E-state index in [1.807, 2.05) is 25.1 Å². The van der Waals surface area contributed by atoms with E-state index in [1.165, 1.54) is 6.33 Å². The fraction of sp³-hybridized carbons (Fsp3) is 0.250. The Hall–Kier alpha value is -2.21. The van der Waals surface area contributed by atoms with E-state index in [0.29, 0.717) is 12.1 Å². The van der Waals surface area contributed by atoms with Gasteiger partial charge in [0.15, 0.2) is 0 Å². The second-order valence-electron chi connectivity index (χ2n) is 3.86. The van der Waals surface area contributed by atoms with Gasteiger partial charge in [-0.05, 0) is 18.6 Å². The topological polar surface area (TPSA) is 85.8 Å². The third-order valence-corrected chi connectivity index (χ3v) is 2.60. The molecule has 1 atom stereocenters. The lowest BCUT2D eigenvalue weighted by Gasteiger charge is -2.13. The zero-order chi connectivity index (χ0) is 13.0. The van der Waals surface area contributed by atoms with E-state index in [-0.39, 0.29) is 5.91 Å².